The maximum atomic E-state index is 12.8. The Bertz CT molecular complexity index is 1340. The van der Waals surface area contributed by atoms with Gasteiger partial charge in [-0.1, -0.05) is 30.3 Å². The summed E-state index contributed by atoms with van der Waals surface area (Å²) in [4.78, 5) is 20.6. The lowest BCUT2D eigenvalue weighted by Gasteiger charge is -2.09. The Balaban J connectivity index is 0.000000540. The molecule has 0 saturated carbocycles. The number of phenols is 1. The Kier molecular flexibility index (Phi) is 8.47. The Morgan fingerprint density at radius 1 is 0.971 bits per heavy atom. The molecule has 0 bridgehead atoms. The smallest absolute Gasteiger partial charge is 0.490 e. The van der Waals surface area contributed by atoms with E-state index in [1.165, 1.54) is 31.4 Å². The van der Waals surface area contributed by atoms with Crippen molar-refractivity contribution in [2.75, 3.05) is 12.8 Å². The summed E-state index contributed by atoms with van der Waals surface area (Å²) in [7, 11) is -2.47. The van der Waals surface area contributed by atoms with E-state index in [9.17, 15) is 31.5 Å². The molecule has 12 heteroatoms. The third kappa shape index (κ3) is 7.47. The molecule has 4 N–H and O–H groups in total. The first-order valence-electron chi connectivity index (χ1n) is 9.63. The van der Waals surface area contributed by atoms with Gasteiger partial charge in [0.05, 0.1) is 17.8 Å². The molecule has 3 aromatic carbocycles. The van der Waals surface area contributed by atoms with Crippen molar-refractivity contribution in [2.24, 2.45) is 0 Å². The summed E-state index contributed by atoms with van der Waals surface area (Å²) in [5.41, 5.74) is 8.28. The molecule has 3 rings (SSSR count). The van der Waals surface area contributed by atoms with E-state index in [-0.39, 0.29) is 22.0 Å². The van der Waals surface area contributed by atoms with Crippen molar-refractivity contribution >= 4 is 27.5 Å². The van der Waals surface area contributed by atoms with Crippen LogP contribution in [0.1, 0.15) is 15.9 Å². The molecule has 35 heavy (non-hydrogen) atoms. The summed E-state index contributed by atoms with van der Waals surface area (Å²) in [6, 6.07) is 17.9. The Labute approximate surface area is 198 Å². The van der Waals surface area contributed by atoms with Gasteiger partial charge >= 0.3 is 18.1 Å². The number of carbonyl (C=O) groups excluding carboxylic acids is 1. The molecule has 0 atom stereocenters. The second kappa shape index (κ2) is 10.9. The van der Waals surface area contributed by atoms with Crippen molar-refractivity contribution in [3.05, 3.63) is 77.9 Å². The molecular formula is C23H20F3NO7S. The topological polar surface area (TPSA) is 144 Å². The lowest BCUT2D eigenvalue weighted by Crippen LogP contribution is -2.21. The minimum absolute atomic E-state index is 0.0210. The molecule has 0 spiro atoms. The number of benzene rings is 3. The van der Waals surface area contributed by atoms with Crippen LogP contribution in [0.4, 0.5) is 18.9 Å². The van der Waals surface area contributed by atoms with Gasteiger partial charge in [-0.15, -0.1) is 0 Å². The van der Waals surface area contributed by atoms with Gasteiger partial charge in [0.15, 0.2) is 9.84 Å². The van der Waals surface area contributed by atoms with Crippen molar-refractivity contribution in [2.45, 2.75) is 16.8 Å². The third-order valence-electron chi connectivity index (χ3n) is 4.48. The van der Waals surface area contributed by atoms with Crippen molar-refractivity contribution in [1.82, 2.24) is 0 Å². The van der Waals surface area contributed by atoms with Crippen molar-refractivity contribution < 1.29 is 46.1 Å². The fourth-order valence-electron chi connectivity index (χ4n) is 2.84. The largest absolute Gasteiger partial charge is 0.507 e. The van der Waals surface area contributed by atoms with Crippen LogP contribution in [-0.2, 0) is 25.1 Å². The molecule has 0 radical (unpaired) electrons. The number of rotatable bonds is 5. The minimum atomic E-state index is -5.08. The normalized spacial score (nSPS) is 11.2. The number of nitrogen functional groups attached to an aromatic ring is 1. The number of aromatic hydroxyl groups is 1. The Morgan fingerprint density at radius 3 is 2.06 bits per heavy atom. The fourth-order valence-corrected chi connectivity index (χ4v) is 4.22. The number of carbonyl (C=O) groups is 2. The van der Waals surface area contributed by atoms with E-state index in [2.05, 4.69) is 4.74 Å². The quantitative estimate of drug-likeness (QED) is 0.344. The SMILES string of the molecule is COC(=O)c1ccc(CS(=O)(=O)c2cccc(-c3cccc(N)c3)c2)cc1O.O=C(O)C(F)(F)F. The van der Waals surface area contributed by atoms with Crippen LogP contribution in [0.25, 0.3) is 11.1 Å². The number of nitrogens with two attached hydrogens (primary N) is 1. The third-order valence-corrected chi connectivity index (χ3v) is 6.17. The first-order chi connectivity index (χ1) is 16.2. The number of halogens is 3. The zero-order valence-corrected chi connectivity index (χ0v) is 18.9. The second-order valence-electron chi connectivity index (χ2n) is 7.06. The van der Waals surface area contributed by atoms with Crippen LogP contribution in [-0.4, -0.2) is 43.9 Å². The number of aliphatic carboxylic acids is 1. The van der Waals surface area contributed by atoms with E-state index in [1.807, 2.05) is 12.1 Å². The van der Waals surface area contributed by atoms with E-state index in [0.29, 0.717) is 11.3 Å². The number of carboxylic acids is 1. The number of anilines is 1. The predicted octanol–water partition coefficient (Wildman–Crippen LogP) is 4.04. The number of sulfone groups is 1. The van der Waals surface area contributed by atoms with Gasteiger partial charge in [0.1, 0.15) is 11.3 Å². The predicted molar refractivity (Wildman–Crippen MR) is 120 cm³/mol. The highest BCUT2D eigenvalue weighted by molar-refractivity contribution is 7.90. The van der Waals surface area contributed by atoms with Crippen molar-refractivity contribution in [1.29, 1.82) is 0 Å². The average molecular weight is 511 g/mol. The molecule has 0 aliphatic heterocycles. The molecule has 3 aromatic rings. The van der Waals surface area contributed by atoms with E-state index < -0.39 is 28.0 Å². The average Bonchev–Trinajstić information content (AvgIpc) is 2.78. The van der Waals surface area contributed by atoms with Gasteiger partial charge < -0.3 is 20.7 Å². The van der Waals surface area contributed by atoms with Crippen LogP contribution in [0.15, 0.2) is 71.6 Å². The van der Waals surface area contributed by atoms with Crippen LogP contribution in [0.3, 0.4) is 0 Å². The molecule has 0 unspecified atom stereocenters. The molecule has 0 aromatic heterocycles. The van der Waals surface area contributed by atoms with E-state index in [4.69, 9.17) is 15.6 Å². The summed E-state index contributed by atoms with van der Waals surface area (Å²) < 4.78 is 62.0. The van der Waals surface area contributed by atoms with Crippen LogP contribution in [0, 0.1) is 0 Å². The lowest BCUT2D eigenvalue weighted by atomic mass is 10.1. The highest BCUT2D eigenvalue weighted by atomic mass is 32.2. The number of phenolic OH excluding ortho intramolecular Hbond substituents is 1. The molecule has 0 heterocycles. The lowest BCUT2D eigenvalue weighted by molar-refractivity contribution is -0.192. The van der Waals surface area contributed by atoms with E-state index in [0.717, 1.165) is 11.1 Å². The van der Waals surface area contributed by atoms with Gasteiger partial charge in [0, 0.05) is 5.69 Å². The molecule has 0 aliphatic carbocycles. The van der Waals surface area contributed by atoms with Gasteiger partial charge in [0.2, 0.25) is 0 Å². The minimum Gasteiger partial charge on any atom is -0.507 e. The number of carboxylic acid groups (broad SMARTS) is 1. The fraction of sp³-hybridized carbons (Fsp3) is 0.130. The summed E-state index contributed by atoms with van der Waals surface area (Å²) in [5, 5.41) is 17.1. The van der Waals surface area contributed by atoms with Crippen molar-refractivity contribution in [3.63, 3.8) is 0 Å². The van der Waals surface area contributed by atoms with Crippen molar-refractivity contribution in [3.8, 4) is 16.9 Å². The summed E-state index contributed by atoms with van der Waals surface area (Å²) >= 11 is 0. The zero-order valence-electron chi connectivity index (χ0n) is 18.1. The summed E-state index contributed by atoms with van der Waals surface area (Å²) in [6.07, 6.45) is -5.08. The number of alkyl halides is 3. The maximum absolute atomic E-state index is 12.8. The van der Waals surface area contributed by atoms with Crippen LogP contribution in [0.5, 0.6) is 5.75 Å². The van der Waals surface area contributed by atoms with Gasteiger partial charge in [-0.25, -0.2) is 18.0 Å². The monoisotopic (exact) mass is 511 g/mol. The van der Waals surface area contributed by atoms with Gasteiger partial charge in [0.25, 0.3) is 0 Å². The standard InChI is InChI=1S/C21H19NO5S.C2HF3O2/c1-27-21(24)19-9-8-14(10-20(19)23)13-28(25,26)18-7-3-5-16(12-18)15-4-2-6-17(22)11-15;3-2(4,5)1(6)7/h2-12,23H,13,22H2,1H3;(H,6,7). The van der Waals surface area contributed by atoms with Gasteiger partial charge in [-0.05, 0) is 53.1 Å². The highest BCUT2D eigenvalue weighted by Gasteiger charge is 2.38. The van der Waals surface area contributed by atoms with Crippen LogP contribution in [0.2, 0.25) is 0 Å². The molecule has 0 aliphatic rings. The molecule has 0 amide bonds. The number of esters is 1. The first kappa shape index (κ1) is 27.2. The van der Waals surface area contributed by atoms with Crippen LogP contribution < -0.4 is 5.73 Å². The second-order valence-corrected chi connectivity index (χ2v) is 9.05. The zero-order chi connectivity index (χ0) is 26.4. The Hall–Kier alpha value is -4.06. The number of hydrogen-bond acceptors (Lipinski definition) is 7. The molecule has 186 valence electrons. The first-order valence-corrected chi connectivity index (χ1v) is 11.3. The number of ether oxygens (including phenoxy) is 1. The number of hydrogen-bond donors (Lipinski definition) is 3. The maximum Gasteiger partial charge on any atom is 0.490 e. The molecular weight excluding hydrogens is 491 g/mol. The van der Waals surface area contributed by atoms with Gasteiger partial charge in [-0.2, -0.15) is 13.2 Å². The number of methoxy groups -OCH3 is 1. The van der Waals surface area contributed by atoms with E-state index >= 15 is 0 Å². The van der Waals surface area contributed by atoms with Gasteiger partial charge in [-0.3, -0.25) is 0 Å². The van der Waals surface area contributed by atoms with Crippen LogP contribution >= 0.6 is 0 Å². The highest BCUT2D eigenvalue weighted by Crippen LogP contribution is 2.27. The summed E-state index contributed by atoms with van der Waals surface area (Å²) in [6.45, 7) is 0. The Morgan fingerprint density at radius 2 is 1.54 bits per heavy atom. The molecule has 0 saturated heterocycles. The summed E-state index contributed by atoms with van der Waals surface area (Å²) in [5.74, 6) is -4.09. The molecule has 8 nitrogen and oxygen atoms in total. The molecule has 0 fully saturated rings. The van der Waals surface area contributed by atoms with E-state index in [1.54, 1.807) is 30.3 Å².